The molecule has 1 aromatic carbocycles. The fraction of sp³-hybridized carbons (Fsp3) is 0.105. The summed E-state index contributed by atoms with van der Waals surface area (Å²) in [7, 11) is 1.31. The standard InChI is InChI=1S/C19H17N5O3/c1-27-19(26)13-5-7-14(8-6-13)24-18(25)16-10-17(23-12-22-16)21-11-15-4-2-3-9-20-15/h2-10,12H,11H2,1H3,(H,24,25)(H,21,22,23). The van der Waals surface area contributed by atoms with Crippen LogP contribution in [0, 0.1) is 0 Å². The molecule has 0 aliphatic rings. The van der Waals surface area contributed by atoms with Gasteiger partial charge in [0.05, 0.1) is 24.9 Å². The molecule has 8 nitrogen and oxygen atoms in total. The lowest BCUT2D eigenvalue weighted by Gasteiger charge is -2.08. The fourth-order valence-electron chi connectivity index (χ4n) is 2.26. The van der Waals surface area contributed by atoms with Gasteiger partial charge in [-0.2, -0.15) is 0 Å². The number of carbonyl (C=O) groups excluding carboxylic acids is 2. The molecule has 0 saturated heterocycles. The van der Waals surface area contributed by atoms with Gasteiger partial charge in [0, 0.05) is 18.0 Å². The number of hydrogen-bond donors (Lipinski definition) is 2. The highest BCUT2D eigenvalue weighted by Crippen LogP contribution is 2.13. The van der Waals surface area contributed by atoms with E-state index in [9.17, 15) is 9.59 Å². The van der Waals surface area contributed by atoms with E-state index in [0.717, 1.165) is 5.69 Å². The minimum atomic E-state index is -0.438. The summed E-state index contributed by atoms with van der Waals surface area (Å²) in [6.45, 7) is 0.480. The summed E-state index contributed by atoms with van der Waals surface area (Å²) in [5.41, 5.74) is 2.01. The van der Waals surface area contributed by atoms with Gasteiger partial charge in [0.25, 0.3) is 5.91 Å². The largest absolute Gasteiger partial charge is 0.465 e. The van der Waals surface area contributed by atoms with Gasteiger partial charge in [-0.05, 0) is 36.4 Å². The molecule has 136 valence electrons. The predicted octanol–water partition coefficient (Wildman–Crippen LogP) is 2.52. The molecule has 2 aromatic heterocycles. The van der Waals surface area contributed by atoms with Gasteiger partial charge in [0.2, 0.25) is 0 Å². The molecule has 0 bridgehead atoms. The van der Waals surface area contributed by atoms with Crippen LogP contribution in [-0.4, -0.2) is 33.9 Å². The number of carbonyl (C=O) groups is 2. The van der Waals surface area contributed by atoms with Gasteiger partial charge in [-0.3, -0.25) is 9.78 Å². The molecule has 0 unspecified atom stereocenters. The topological polar surface area (TPSA) is 106 Å². The normalized spacial score (nSPS) is 10.1. The van der Waals surface area contributed by atoms with Crippen molar-refractivity contribution in [3.63, 3.8) is 0 Å². The van der Waals surface area contributed by atoms with Crippen LogP contribution < -0.4 is 10.6 Å². The number of anilines is 2. The molecule has 0 atom stereocenters. The fourth-order valence-corrected chi connectivity index (χ4v) is 2.26. The SMILES string of the molecule is COC(=O)c1ccc(NC(=O)c2cc(NCc3ccccn3)ncn2)cc1. The summed E-state index contributed by atoms with van der Waals surface area (Å²) >= 11 is 0. The predicted molar refractivity (Wildman–Crippen MR) is 99.3 cm³/mol. The van der Waals surface area contributed by atoms with Crippen molar-refractivity contribution < 1.29 is 14.3 Å². The van der Waals surface area contributed by atoms with Crippen LogP contribution in [0.4, 0.5) is 11.5 Å². The van der Waals surface area contributed by atoms with Crippen molar-refractivity contribution in [1.29, 1.82) is 0 Å². The van der Waals surface area contributed by atoms with E-state index >= 15 is 0 Å². The number of esters is 1. The Balaban J connectivity index is 1.63. The quantitative estimate of drug-likeness (QED) is 0.648. The third-order valence-electron chi connectivity index (χ3n) is 3.64. The molecule has 8 heteroatoms. The number of nitrogens with one attached hydrogen (secondary N) is 2. The van der Waals surface area contributed by atoms with Gasteiger partial charge in [-0.25, -0.2) is 14.8 Å². The molecule has 1 amide bonds. The summed E-state index contributed by atoms with van der Waals surface area (Å²) < 4.78 is 4.64. The van der Waals surface area contributed by atoms with E-state index in [-0.39, 0.29) is 11.6 Å². The third-order valence-corrected chi connectivity index (χ3v) is 3.64. The van der Waals surface area contributed by atoms with Crippen molar-refractivity contribution in [3.05, 3.63) is 78.0 Å². The number of rotatable bonds is 6. The van der Waals surface area contributed by atoms with Crippen molar-refractivity contribution in [1.82, 2.24) is 15.0 Å². The average molecular weight is 363 g/mol. The molecule has 3 rings (SSSR count). The molecule has 2 heterocycles. The summed E-state index contributed by atoms with van der Waals surface area (Å²) in [4.78, 5) is 36.1. The second-order valence-corrected chi connectivity index (χ2v) is 5.49. The van der Waals surface area contributed by atoms with Gasteiger partial charge < -0.3 is 15.4 Å². The number of benzene rings is 1. The average Bonchev–Trinajstić information content (AvgIpc) is 2.73. The minimum absolute atomic E-state index is 0.213. The number of ether oxygens (including phenoxy) is 1. The van der Waals surface area contributed by atoms with Crippen molar-refractivity contribution in [2.24, 2.45) is 0 Å². The van der Waals surface area contributed by atoms with Crippen LogP contribution >= 0.6 is 0 Å². The Labute approximate surface area is 155 Å². The van der Waals surface area contributed by atoms with E-state index in [1.165, 1.54) is 13.4 Å². The number of amides is 1. The zero-order valence-electron chi connectivity index (χ0n) is 14.5. The maximum Gasteiger partial charge on any atom is 0.337 e. The summed E-state index contributed by atoms with van der Waals surface area (Å²) in [5, 5.41) is 5.82. The molecule has 0 spiro atoms. The number of methoxy groups -OCH3 is 1. The molecule has 0 fully saturated rings. The molecular weight excluding hydrogens is 346 g/mol. The lowest BCUT2D eigenvalue weighted by atomic mass is 10.2. The van der Waals surface area contributed by atoms with E-state index in [1.807, 2.05) is 18.2 Å². The lowest BCUT2D eigenvalue weighted by Crippen LogP contribution is -2.15. The van der Waals surface area contributed by atoms with E-state index in [2.05, 4.69) is 30.3 Å². The minimum Gasteiger partial charge on any atom is -0.465 e. The van der Waals surface area contributed by atoms with E-state index in [0.29, 0.717) is 23.6 Å². The Hall–Kier alpha value is -3.81. The molecule has 0 aliphatic carbocycles. The summed E-state index contributed by atoms with van der Waals surface area (Å²) in [5.74, 6) is -0.307. The first kappa shape index (κ1) is 18.0. The highest BCUT2D eigenvalue weighted by atomic mass is 16.5. The van der Waals surface area contributed by atoms with Gasteiger partial charge in [-0.15, -0.1) is 0 Å². The summed E-state index contributed by atoms with van der Waals surface area (Å²) in [6, 6.07) is 13.6. The Kier molecular flexibility index (Phi) is 5.68. The Morgan fingerprint density at radius 3 is 2.56 bits per heavy atom. The van der Waals surface area contributed by atoms with Gasteiger partial charge in [0.15, 0.2) is 0 Å². The molecular formula is C19H17N5O3. The van der Waals surface area contributed by atoms with Crippen LogP contribution in [-0.2, 0) is 11.3 Å². The van der Waals surface area contributed by atoms with E-state index in [4.69, 9.17) is 0 Å². The smallest absolute Gasteiger partial charge is 0.337 e. The van der Waals surface area contributed by atoms with Crippen molar-refractivity contribution >= 4 is 23.4 Å². The van der Waals surface area contributed by atoms with Crippen LogP contribution in [0.25, 0.3) is 0 Å². The zero-order chi connectivity index (χ0) is 19.1. The molecule has 3 aromatic rings. The van der Waals surface area contributed by atoms with E-state index < -0.39 is 5.97 Å². The maximum absolute atomic E-state index is 12.4. The monoisotopic (exact) mass is 363 g/mol. The molecule has 0 radical (unpaired) electrons. The van der Waals surface area contributed by atoms with Crippen molar-refractivity contribution in [2.75, 3.05) is 17.7 Å². The first-order chi connectivity index (χ1) is 13.2. The first-order valence-electron chi connectivity index (χ1n) is 8.11. The van der Waals surface area contributed by atoms with Crippen LogP contribution in [0.15, 0.2) is 61.1 Å². The zero-order valence-corrected chi connectivity index (χ0v) is 14.5. The van der Waals surface area contributed by atoms with Crippen LogP contribution in [0.1, 0.15) is 26.5 Å². The number of aromatic nitrogens is 3. The van der Waals surface area contributed by atoms with Gasteiger partial charge in [-0.1, -0.05) is 6.07 Å². The van der Waals surface area contributed by atoms with Crippen LogP contribution in [0.5, 0.6) is 0 Å². The Morgan fingerprint density at radius 1 is 1.04 bits per heavy atom. The van der Waals surface area contributed by atoms with Gasteiger partial charge in [0.1, 0.15) is 17.8 Å². The molecule has 2 N–H and O–H groups in total. The summed E-state index contributed by atoms with van der Waals surface area (Å²) in [6.07, 6.45) is 3.03. The van der Waals surface area contributed by atoms with Gasteiger partial charge >= 0.3 is 5.97 Å². The highest BCUT2D eigenvalue weighted by Gasteiger charge is 2.10. The van der Waals surface area contributed by atoms with E-state index in [1.54, 1.807) is 36.5 Å². The third kappa shape index (κ3) is 4.85. The second-order valence-electron chi connectivity index (χ2n) is 5.49. The van der Waals surface area contributed by atoms with Crippen LogP contribution in [0.2, 0.25) is 0 Å². The highest BCUT2D eigenvalue weighted by molar-refractivity contribution is 6.03. The lowest BCUT2D eigenvalue weighted by molar-refractivity contribution is 0.0600. The first-order valence-corrected chi connectivity index (χ1v) is 8.11. The van der Waals surface area contributed by atoms with Crippen molar-refractivity contribution in [2.45, 2.75) is 6.54 Å². The second kappa shape index (κ2) is 8.52. The molecule has 27 heavy (non-hydrogen) atoms. The van der Waals surface area contributed by atoms with Crippen LogP contribution in [0.3, 0.4) is 0 Å². The number of pyridine rings is 1. The van der Waals surface area contributed by atoms with Crippen molar-refractivity contribution in [3.8, 4) is 0 Å². The number of nitrogens with zero attached hydrogens (tertiary/aromatic N) is 3. The number of hydrogen-bond acceptors (Lipinski definition) is 7. The molecule has 0 saturated carbocycles. The molecule has 0 aliphatic heterocycles. The Bertz CT molecular complexity index is 930. The Morgan fingerprint density at radius 2 is 1.85 bits per heavy atom. The maximum atomic E-state index is 12.4.